The molecule has 1 aliphatic rings. The third-order valence-electron chi connectivity index (χ3n) is 4.12. The highest BCUT2D eigenvalue weighted by molar-refractivity contribution is 8.03. The van der Waals surface area contributed by atoms with Crippen LogP contribution in [0.3, 0.4) is 0 Å². The molecule has 3 rings (SSSR count). The molecule has 2 aromatic carbocycles. The van der Waals surface area contributed by atoms with E-state index in [1.54, 1.807) is 42.5 Å². The molecule has 0 bridgehead atoms. The minimum absolute atomic E-state index is 0.00172. The molecule has 5 nitrogen and oxygen atoms in total. The Kier molecular flexibility index (Phi) is 7.09. The zero-order valence-corrected chi connectivity index (χ0v) is 17.9. The molecular weight excluding hydrogens is 453 g/mol. The van der Waals surface area contributed by atoms with Gasteiger partial charge in [0, 0.05) is 33.1 Å². The number of nitrogens with zero attached hydrogens (tertiary/aromatic N) is 1. The lowest BCUT2D eigenvalue weighted by Gasteiger charge is -2.25. The molecule has 0 saturated heterocycles. The quantitative estimate of drug-likeness (QED) is 0.621. The lowest BCUT2D eigenvalue weighted by atomic mass is 9.87. The zero-order valence-electron chi connectivity index (χ0n) is 14.8. The van der Waals surface area contributed by atoms with Crippen LogP contribution in [0, 0.1) is 11.3 Å². The number of anilines is 1. The second-order valence-electron chi connectivity index (χ2n) is 6.21. The van der Waals surface area contributed by atoms with Crippen molar-refractivity contribution in [3.05, 3.63) is 73.7 Å². The van der Waals surface area contributed by atoms with E-state index in [2.05, 4.69) is 16.7 Å². The second kappa shape index (κ2) is 9.55. The fraction of sp³-hybridized carbons (Fsp3) is 0.150. The van der Waals surface area contributed by atoms with Crippen LogP contribution in [0.4, 0.5) is 5.69 Å². The van der Waals surface area contributed by atoms with E-state index < -0.39 is 0 Å². The van der Waals surface area contributed by atoms with Crippen molar-refractivity contribution in [3.63, 3.8) is 0 Å². The number of allylic oxidation sites excluding steroid dienone is 1. The smallest absolute Gasteiger partial charge is 0.234 e. The Labute approximate surface area is 187 Å². The van der Waals surface area contributed by atoms with Crippen molar-refractivity contribution in [2.75, 3.05) is 11.1 Å². The summed E-state index contributed by atoms with van der Waals surface area (Å²) in [7, 11) is 0. The van der Waals surface area contributed by atoms with Gasteiger partial charge in [-0.15, -0.1) is 0 Å². The first-order valence-corrected chi connectivity index (χ1v) is 10.6. The maximum Gasteiger partial charge on any atom is 0.234 e. The van der Waals surface area contributed by atoms with Crippen LogP contribution >= 0.6 is 46.6 Å². The number of hydrogen-bond acceptors (Lipinski definition) is 4. The minimum Gasteiger partial charge on any atom is -0.325 e. The summed E-state index contributed by atoms with van der Waals surface area (Å²) >= 11 is 18.9. The van der Waals surface area contributed by atoms with E-state index in [0.717, 1.165) is 17.3 Å². The standard InChI is InChI=1S/C20H14Cl3N3O2S/c21-12-3-1-11(2-4-12)16-8-18(27)26-20(17(16)9-24)29-10-19(28)25-15-6-13(22)5-14(23)7-15/h1-7,16H,8,10H2,(H,25,28)(H,26,27)/t16-/m1/s1. The predicted molar refractivity (Wildman–Crippen MR) is 117 cm³/mol. The third kappa shape index (κ3) is 5.68. The molecule has 0 aliphatic carbocycles. The first kappa shape index (κ1) is 21.5. The number of carbonyl (C=O) groups excluding carboxylic acids is 2. The van der Waals surface area contributed by atoms with Crippen LogP contribution in [0.25, 0.3) is 0 Å². The minimum atomic E-state index is -0.386. The Morgan fingerprint density at radius 3 is 2.41 bits per heavy atom. The second-order valence-corrected chi connectivity index (χ2v) is 8.50. The highest BCUT2D eigenvalue weighted by Crippen LogP contribution is 2.36. The van der Waals surface area contributed by atoms with Gasteiger partial charge in [-0.25, -0.2) is 0 Å². The van der Waals surface area contributed by atoms with Gasteiger partial charge >= 0.3 is 0 Å². The molecule has 148 valence electrons. The Bertz CT molecular complexity index is 1010. The molecular formula is C20H14Cl3N3O2S. The molecule has 0 fully saturated rings. The van der Waals surface area contributed by atoms with Crippen molar-refractivity contribution < 1.29 is 9.59 Å². The van der Waals surface area contributed by atoms with Crippen LogP contribution in [0.15, 0.2) is 53.1 Å². The average molecular weight is 467 g/mol. The number of thioether (sulfide) groups is 1. The van der Waals surface area contributed by atoms with Crippen LogP contribution < -0.4 is 10.6 Å². The summed E-state index contributed by atoms with van der Waals surface area (Å²) in [6, 6.07) is 13.9. The van der Waals surface area contributed by atoms with E-state index >= 15 is 0 Å². The molecule has 29 heavy (non-hydrogen) atoms. The Hall–Kier alpha value is -2.17. The van der Waals surface area contributed by atoms with Crippen molar-refractivity contribution in [2.24, 2.45) is 0 Å². The van der Waals surface area contributed by atoms with Gasteiger partial charge in [0.05, 0.1) is 22.4 Å². The van der Waals surface area contributed by atoms with E-state index in [9.17, 15) is 14.9 Å². The lowest BCUT2D eigenvalue weighted by molar-refractivity contribution is -0.121. The SMILES string of the molecule is N#CC1=C(SCC(=O)Nc2cc(Cl)cc(Cl)c2)NC(=O)C[C@@H]1c1ccc(Cl)cc1. The van der Waals surface area contributed by atoms with Crippen LogP contribution in [-0.2, 0) is 9.59 Å². The van der Waals surface area contributed by atoms with E-state index in [-0.39, 0.29) is 29.9 Å². The molecule has 1 heterocycles. The van der Waals surface area contributed by atoms with E-state index in [1.165, 1.54) is 0 Å². The third-order valence-corrected chi connectivity index (χ3v) is 5.83. The van der Waals surface area contributed by atoms with Gasteiger partial charge < -0.3 is 10.6 Å². The molecule has 1 atom stereocenters. The fourth-order valence-corrected chi connectivity index (χ4v) is 4.40. The number of amides is 2. The molecule has 2 N–H and O–H groups in total. The first-order chi connectivity index (χ1) is 13.9. The van der Waals surface area contributed by atoms with Gasteiger partial charge in [0.2, 0.25) is 11.8 Å². The predicted octanol–water partition coefficient (Wildman–Crippen LogP) is 5.36. The Morgan fingerprint density at radius 2 is 1.79 bits per heavy atom. The maximum atomic E-state index is 12.3. The fourth-order valence-electron chi connectivity index (χ4n) is 2.87. The molecule has 0 aromatic heterocycles. The summed E-state index contributed by atoms with van der Waals surface area (Å²) in [4.78, 5) is 24.5. The molecule has 1 aliphatic heterocycles. The molecule has 2 amide bonds. The number of carbonyl (C=O) groups is 2. The highest BCUT2D eigenvalue weighted by atomic mass is 35.5. The number of nitriles is 1. The van der Waals surface area contributed by atoms with E-state index in [0.29, 0.717) is 31.4 Å². The first-order valence-electron chi connectivity index (χ1n) is 8.44. The highest BCUT2D eigenvalue weighted by Gasteiger charge is 2.29. The van der Waals surface area contributed by atoms with Gasteiger partial charge in [-0.05, 0) is 35.9 Å². The van der Waals surface area contributed by atoms with Gasteiger partial charge in [-0.1, -0.05) is 58.7 Å². The summed E-state index contributed by atoms with van der Waals surface area (Å²) in [5, 5.41) is 16.8. The Balaban J connectivity index is 1.75. The van der Waals surface area contributed by atoms with E-state index in [1.807, 2.05) is 0 Å². The van der Waals surface area contributed by atoms with Crippen molar-refractivity contribution in [2.45, 2.75) is 12.3 Å². The maximum absolute atomic E-state index is 12.3. The van der Waals surface area contributed by atoms with Gasteiger partial charge in [0.25, 0.3) is 0 Å². The van der Waals surface area contributed by atoms with Crippen LogP contribution in [-0.4, -0.2) is 17.6 Å². The van der Waals surface area contributed by atoms with Gasteiger partial charge in [0.1, 0.15) is 0 Å². The number of rotatable bonds is 5. The number of benzene rings is 2. The van der Waals surface area contributed by atoms with Crippen LogP contribution in [0.1, 0.15) is 17.9 Å². The van der Waals surface area contributed by atoms with Crippen molar-refractivity contribution in [3.8, 4) is 6.07 Å². The summed E-state index contributed by atoms with van der Waals surface area (Å²) in [6.45, 7) is 0. The summed E-state index contributed by atoms with van der Waals surface area (Å²) < 4.78 is 0. The van der Waals surface area contributed by atoms with Gasteiger partial charge in [0.15, 0.2) is 0 Å². The zero-order chi connectivity index (χ0) is 21.0. The van der Waals surface area contributed by atoms with Crippen LogP contribution in [0.5, 0.6) is 0 Å². The van der Waals surface area contributed by atoms with Crippen LogP contribution in [0.2, 0.25) is 15.1 Å². The molecule has 2 aromatic rings. The van der Waals surface area contributed by atoms with Crippen molar-refractivity contribution >= 4 is 64.1 Å². The molecule has 0 unspecified atom stereocenters. The molecule has 9 heteroatoms. The monoisotopic (exact) mass is 465 g/mol. The van der Waals surface area contributed by atoms with Crippen molar-refractivity contribution in [1.29, 1.82) is 5.26 Å². The largest absolute Gasteiger partial charge is 0.325 e. The molecule has 0 spiro atoms. The van der Waals surface area contributed by atoms with E-state index in [4.69, 9.17) is 34.8 Å². The summed E-state index contributed by atoms with van der Waals surface area (Å²) in [5.41, 5.74) is 1.70. The number of hydrogen-bond donors (Lipinski definition) is 2. The lowest BCUT2D eigenvalue weighted by Crippen LogP contribution is -2.31. The number of nitrogens with one attached hydrogen (secondary N) is 2. The normalized spacial score (nSPS) is 16.2. The summed E-state index contributed by atoms with van der Waals surface area (Å²) in [6.07, 6.45) is 0.155. The van der Waals surface area contributed by atoms with Gasteiger partial charge in [-0.3, -0.25) is 9.59 Å². The summed E-state index contributed by atoms with van der Waals surface area (Å²) in [5.74, 6) is -0.920. The topological polar surface area (TPSA) is 82.0 Å². The van der Waals surface area contributed by atoms with Crippen molar-refractivity contribution in [1.82, 2.24) is 5.32 Å². The number of halogens is 3. The average Bonchev–Trinajstić information content (AvgIpc) is 2.65. The Morgan fingerprint density at radius 1 is 1.14 bits per heavy atom. The molecule has 0 radical (unpaired) electrons. The van der Waals surface area contributed by atoms with Gasteiger partial charge in [-0.2, -0.15) is 5.26 Å². The molecule has 0 saturated carbocycles.